The van der Waals surface area contributed by atoms with Crippen LogP contribution in [0.4, 0.5) is 5.69 Å². The van der Waals surface area contributed by atoms with E-state index in [0.717, 1.165) is 6.29 Å². The van der Waals surface area contributed by atoms with E-state index < -0.39 is 4.92 Å². The van der Waals surface area contributed by atoms with Gasteiger partial charge in [-0.2, -0.15) is 0 Å². The average molecular weight is 287 g/mol. The average Bonchev–Trinajstić information content (AvgIpc) is 2.52. The number of benzene rings is 2. The maximum absolute atomic E-state index is 10.6. The van der Waals surface area contributed by atoms with Gasteiger partial charge >= 0.3 is 0 Å². The predicted molar refractivity (Wildman–Crippen MR) is 75.9 cm³/mol. The summed E-state index contributed by atoms with van der Waals surface area (Å²) in [6.45, 7) is 0.555. The molecule has 0 amide bonds. The van der Waals surface area contributed by atoms with Crippen LogP contribution < -0.4 is 9.47 Å². The Morgan fingerprint density at radius 3 is 2.29 bits per heavy atom. The van der Waals surface area contributed by atoms with Gasteiger partial charge in [-0.3, -0.25) is 14.9 Å². The number of ether oxygens (including phenoxy) is 2. The van der Waals surface area contributed by atoms with Crippen molar-refractivity contribution in [2.24, 2.45) is 0 Å². The highest BCUT2D eigenvalue weighted by molar-refractivity contribution is 5.74. The van der Waals surface area contributed by atoms with Gasteiger partial charge in [-0.25, -0.2) is 0 Å². The standard InChI is InChI=1S/C15H13NO5/c17-11-12-4-6-14(7-5-12)20-8-9-21-15-3-1-2-13(10-15)16(18)19/h1-7,10-11H,8-9H2. The van der Waals surface area contributed by atoms with E-state index in [2.05, 4.69) is 0 Å². The van der Waals surface area contributed by atoms with E-state index in [1.165, 1.54) is 12.1 Å². The number of non-ortho nitro benzene ring substituents is 1. The lowest BCUT2D eigenvalue weighted by Crippen LogP contribution is -2.09. The second-order valence-electron chi connectivity index (χ2n) is 4.14. The van der Waals surface area contributed by atoms with E-state index in [4.69, 9.17) is 9.47 Å². The number of rotatable bonds is 7. The minimum Gasteiger partial charge on any atom is -0.490 e. The van der Waals surface area contributed by atoms with Gasteiger partial charge in [0.2, 0.25) is 0 Å². The Morgan fingerprint density at radius 1 is 1.00 bits per heavy atom. The molecule has 108 valence electrons. The van der Waals surface area contributed by atoms with Gasteiger partial charge in [-0.05, 0) is 30.3 Å². The van der Waals surface area contributed by atoms with Gasteiger partial charge in [-0.1, -0.05) is 6.07 Å². The molecule has 6 heteroatoms. The van der Waals surface area contributed by atoms with E-state index in [-0.39, 0.29) is 12.3 Å². The SMILES string of the molecule is O=Cc1ccc(OCCOc2cccc([N+](=O)[O-])c2)cc1. The highest BCUT2D eigenvalue weighted by atomic mass is 16.6. The Kier molecular flexibility index (Phi) is 4.87. The molecule has 6 nitrogen and oxygen atoms in total. The van der Waals surface area contributed by atoms with Crippen molar-refractivity contribution in [1.29, 1.82) is 0 Å². The van der Waals surface area contributed by atoms with Crippen LogP contribution in [0.2, 0.25) is 0 Å². The largest absolute Gasteiger partial charge is 0.490 e. The van der Waals surface area contributed by atoms with E-state index in [9.17, 15) is 14.9 Å². The molecule has 0 fully saturated rings. The number of carbonyl (C=O) groups is 1. The first kappa shape index (κ1) is 14.5. The number of carbonyl (C=O) groups excluding carboxylic acids is 1. The molecule has 21 heavy (non-hydrogen) atoms. The Labute approximate surface area is 121 Å². The molecule has 0 aliphatic carbocycles. The third-order valence-corrected chi connectivity index (χ3v) is 2.67. The molecule has 0 saturated carbocycles. The van der Waals surface area contributed by atoms with Crippen molar-refractivity contribution < 1.29 is 19.2 Å². The lowest BCUT2D eigenvalue weighted by atomic mass is 10.2. The molecular formula is C15H13NO5. The van der Waals surface area contributed by atoms with Gasteiger partial charge in [0, 0.05) is 11.6 Å². The molecule has 2 aromatic carbocycles. The number of hydrogen-bond donors (Lipinski definition) is 0. The zero-order chi connectivity index (χ0) is 15.1. The smallest absolute Gasteiger partial charge is 0.273 e. The zero-order valence-corrected chi connectivity index (χ0v) is 11.1. The third kappa shape index (κ3) is 4.31. The Balaban J connectivity index is 1.80. The predicted octanol–water partition coefficient (Wildman–Crippen LogP) is 2.87. The third-order valence-electron chi connectivity index (χ3n) is 2.67. The molecule has 2 rings (SSSR count). The first-order chi connectivity index (χ1) is 10.2. The molecule has 0 saturated heterocycles. The summed E-state index contributed by atoms with van der Waals surface area (Å²) < 4.78 is 10.8. The molecule has 0 unspecified atom stereocenters. The van der Waals surface area contributed by atoms with E-state index in [1.54, 1.807) is 36.4 Å². The fraction of sp³-hybridized carbons (Fsp3) is 0.133. The summed E-state index contributed by atoms with van der Waals surface area (Å²) in [6.07, 6.45) is 0.759. The van der Waals surface area contributed by atoms with Crippen LogP contribution in [0.25, 0.3) is 0 Å². The lowest BCUT2D eigenvalue weighted by molar-refractivity contribution is -0.384. The highest BCUT2D eigenvalue weighted by Gasteiger charge is 2.06. The number of nitro benzene ring substituents is 1. The Bertz CT molecular complexity index is 624. The monoisotopic (exact) mass is 287 g/mol. The Morgan fingerprint density at radius 2 is 1.67 bits per heavy atom. The highest BCUT2D eigenvalue weighted by Crippen LogP contribution is 2.19. The van der Waals surface area contributed by atoms with Gasteiger partial charge in [0.05, 0.1) is 11.0 Å². The van der Waals surface area contributed by atoms with Crippen molar-refractivity contribution in [3.63, 3.8) is 0 Å². The number of nitrogens with zero attached hydrogens (tertiary/aromatic N) is 1. The molecule has 0 radical (unpaired) electrons. The van der Waals surface area contributed by atoms with Crippen LogP contribution in [0.1, 0.15) is 10.4 Å². The summed E-state index contributed by atoms with van der Waals surface area (Å²) in [7, 11) is 0. The summed E-state index contributed by atoms with van der Waals surface area (Å²) in [5, 5.41) is 10.6. The maximum Gasteiger partial charge on any atom is 0.273 e. The van der Waals surface area contributed by atoms with Gasteiger partial charge in [0.1, 0.15) is 31.0 Å². The van der Waals surface area contributed by atoms with Crippen LogP contribution in [0.5, 0.6) is 11.5 Å². The summed E-state index contributed by atoms with van der Waals surface area (Å²) in [5.41, 5.74) is 0.563. The van der Waals surface area contributed by atoms with Crippen molar-refractivity contribution in [2.75, 3.05) is 13.2 Å². The lowest BCUT2D eigenvalue weighted by Gasteiger charge is -2.08. The second-order valence-corrected chi connectivity index (χ2v) is 4.14. The van der Waals surface area contributed by atoms with E-state index in [0.29, 0.717) is 23.7 Å². The summed E-state index contributed by atoms with van der Waals surface area (Å²) >= 11 is 0. The molecule has 0 aromatic heterocycles. The minimum atomic E-state index is -0.474. The van der Waals surface area contributed by atoms with Crippen LogP contribution in [-0.2, 0) is 0 Å². The van der Waals surface area contributed by atoms with Crippen LogP contribution in [0, 0.1) is 10.1 Å². The first-order valence-electron chi connectivity index (χ1n) is 6.24. The number of hydrogen-bond acceptors (Lipinski definition) is 5. The molecule has 0 spiro atoms. The van der Waals surface area contributed by atoms with Gasteiger partial charge in [-0.15, -0.1) is 0 Å². The molecular weight excluding hydrogens is 274 g/mol. The summed E-state index contributed by atoms with van der Waals surface area (Å²) in [5.74, 6) is 1.05. The zero-order valence-electron chi connectivity index (χ0n) is 11.1. The normalized spacial score (nSPS) is 9.90. The van der Waals surface area contributed by atoms with Crippen molar-refractivity contribution in [2.45, 2.75) is 0 Å². The fourth-order valence-corrected chi connectivity index (χ4v) is 1.65. The first-order valence-corrected chi connectivity index (χ1v) is 6.24. The molecule has 0 atom stereocenters. The van der Waals surface area contributed by atoms with Crippen molar-refractivity contribution >= 4 is 12.0 Å². The maximum atomic E-state index is 10.6. The van der Waals surface area contributed by atoms with Crippen molar-refractivity contribution in [3.8, 4) is 11.5 Å². The Hall–Kier alpha value is -2.89. The van der Waals surface area contributed by atoms with Crippen molar-refractivity contribution in [3.05, 3.63) is 64.2 Å². The molecule has 0 aliphatic rings. The second kappa shape index (κ2) is 7.04. The van der Waals surface area contributed by atoms with Crippen LogP contribution in [0.3, 0.4) is 0 Å². The summed E-state index contributed by atoms with van der Waals surface area (Å²) in [6, 6.07) is 12.7. The summed E-state index contributed by atoms with van der Waals surface area (Å²) in [4.78, 5) is 20.6. The van der Waals surface area contributed by atoms with E-state index >= 15 is 0 Å². The fourth-order valence-electron chi connectivity index (χ4n) is 1.65. The van der Waals surface area contributed by atoms with Crippen LogP contribution in [0.15, 0.2) is 48.5 Å². The molecule has 0 heterocycles. The number of aldehydes is 1. The molecule has 0 N–H and O–H groups in total. The van der Waals surface area contributed by atoms with Gasteiger partial charge in [0.25, 0.3) is 5.69 Å². The molecule has 0 bridgehead atoms. The molecule has 0 aliphatic heterocycles. The van der Waals surface area contributed by atoms with Gasteiger partial charge < -0.3 is 9.47 Å². The number of nitro groups is 1. The topological polar surface area (TPSA) is 78.7 Å². The van der Waals surface area contributed by atoms with Crippen molar-refractivity contribution in [1.82, 2.24) is 0 Å². The quantitative estimate of drug-likeness (QED) is 0.338. The van der Waals surface area contributed by atoms with Gasteiger partial charge in [0.15, 0.2) is 0 Å². The minimum absolute atomic E-state index is 0.0159. The van der Waals surface area contributed by atoms with E-state index in [1.807, 2.05) is 0 Å². The molecule has 2 aromatic rings. The van der Waals surface area contributed by atoms with Crippen LogP contribution in [-0.4, -0.2) is 24.4 Å². The van der Waals surface area contributed by atoms with Crippen LogP contribution >= 0.6 is 0 Å².